The number of rotatable bonds is 4. The number of aromatic amines is 2. The van der Waals surface area contributed by atoms with E-state index in [2.05, 4.69) is 85.8 Å². The van der Waals surface area contributed by atoms with Gasteiger partial charge in [-0.2, -0.15) is 0 Å². The number of hydrogen-bond donors (Lipinski definition) is 3. The number of aromatic nitrogens is 3. The van der Waals surface area contributed by atoms with Crippen molar-refractivity contribution in [3.05, 3.63) is 77.4 Å². The standard InChI is InChI=1S/C21H15BrN4S/c22-13-6-8-17-16(10-13)20(12-23-17)26-21-24-18-9-7-15(11-19(18)25-21)27-14-4-2-1-3-5-14/h1-12,23H,(H2,24,25,26). The molecular weight excluding hydrogens is 420 g/mol. The Hall–Kier alpha value is -2.70. The summed E-state index contributed by atoms with van der Waals surface area (Å²) in [7, 11) is 0. The Kier molecular flexibility index (Phi) is 4.14. The van der Waals surface area contributed by atoms with E-state index in [0.717, 1.165) is 38.0 Å². The second-order valence-corrected chi connectivity index (χ2v) is 8.26. The van der Waals surface area contributed by atoms with Gasteiger partial charge < -0.3 is 15.3 Å². The number of imidazole rings is 1. The molecule has 0 aliphatic rings. The molecule has 3 N–H and O–H groups in total. The lowest BCUT2D eigenvalue weighted by Gasteiger charge is -2.00. The lowest BCUT2D eigenvalue weighted by molar-refractivity contribution is 1.31. The summed E-state index contributed by atoms with van der Waals surface area (Å²) in [5.41, 5.74) is 4.03. The molecule has 0 atom stereocenters. The van der Waals surface area contributed by atoms with E-state index >= 15 is 0 Å². The first-order chi connectivity index (χ1) is 13.2. The highest BCUT2D eigenvalue weighted by Crippen LogP contribution is 2.31. The Balaban J connectivity index is 1.45. The summed E-state index contributed by atoms with van der Waals surface area (Å²) in [6, 6.07) is 22.8. The fraction of sp³-hybridized carbons (Fsp3) is 0. The Bertz CT molecular complexity index is 1240. The van der Waals surface area contributed by atoms with E-state index in [4.69, 9.17) is 4.98 Å². The molecule has 5 aromatic rings. The number of nitrogens with zero attached hydrogens (tertiary/aromatic N) is 1. The molecule has 4 nitrogen and oxygen atoms in total. The van der Waals surface area contributed by atoms with Crippen molar-refractivity contribution in [1.29, 1.82) is 0 Å². The van der Waals surface area contributed by atoms with E-state index in [1.54, 1.807) is 11.8 Å². The van der Waals surface area contributed by atoms with Crippen LogP contribution in [0.25, 0.3) is 21.9 Å². The van der Waals surface area contributed by atoms with Crippen LogP contribution in [-0.4, -0.2) is 15.0 Å². The van der Waals surface area contributed by atoms with Gasteiger partial charge in [-0.05, 0) is 48.5 Å². The van der Waals surface area contributed by atoms with Crippen molar-refractivity contribution in [1.82, 2.24) is 15.0 Å². The van der Waals surface area contributed by atoms with Crippen LogP contribution in [-0.2, 0) is 0 Å². The normalized spacial score (nSPS) is 11.3. The SMILES string of the molecule is Brc1ccc2[nH]cc(Nc3nc4cc(Sc5ccccc5)ccc4[nH]3)c2c1. The number of H-pyrrole nitrogens is 2. The van der Waals surface area contributed by atoms with Crippen molar-refractivity contribution in [2.75, 3.05) is 5.32 Å². The van der Waals surface area contributed by atoms with Gasteiger partial charge in [0, 0.05) is 31.4 Å². The van der Waals surface area contributed by atoms with Gasteiger partial charge in [-0.25, -0.2) is 4.98 Å². The van der Waals surface area contributed by atoms with Crippen LogP contribution in [0.15, 0.2) is 87.2 Å². The van der Waals surface area contributed by atoms with Crippen LogP contribution in [0.4, 0.5) is 11.6 Å². The van der Waals surface area contributed by atoms with Crippen LogP contribution < -0.4 is 5.32 Å². The van der Waals surface area contributed by atoms with Crippen molar-refractivity contribution in [2.45, 2.75) is 9.79 Å². The minimum absolute atomic E-state index is 0.729. The zero-order valence-electron chi connectivity index (χ0n) is 14.2. The first-order valence-electron chi connectivity index (χ1n) is 8.51. The molecule has 6 heteroatoms. The summed E-state index contributed by atoms with van der Waals surface area (Å²) < 4.78 is 1.05. The van der Waals surface area contributed by atoms with Gasteiger partial charge in [-0.1, -0.05) is 45.9 Å². The van der Waals surface area contributed by atoms with Gasteiger partial charge in [0.25, 0.3) is 0 Å². The average Bonchev–Trinajstić information content (AvgIpc) is 3.26. The highest BCUT2D eigenvalue weighted by Gasteiger charge is 2.08. The third-order valence-electron chi connectivity index (χ3n) is 4.33. The van der Waals surface area contributed by atoms with E-state index in [9.17, 15) is 0 Å². The van der Waals surface area contributed by atoms with Crippen molar-refractivity contribution in [2.24, 2.45) is 0 Å². The van der Waals surface area contributed by atoms with Gasteiger partial charge in [0.1, 0.15) is 0 Å². The van der Waals surface area contributed by atoms with E-state index in [1.807, 2.05) is 18.3 Å². The topological polar surface area (TPSA) is 56.5 Å². The maximum Gasteiger partial charge on any atom is 0.205 e. The molecule has 2 heterocycles. The quantitative estimate of drug-likeness (QED) is 0.294. The predicted octanol–water partition coefficient (Wildman–Crippen LogP) is 6.70. The van der Waals surface area contributed by atoms with E-state index in [-0.39, 0.29) is 0 Å². The lowest BCUT2D eigenvalue weighted by atomic mass is 10.2. The zero-order chi connectivity index (χ0) is 18.2. The Morgan fingerprint density at radius 2 is 1.74 bits per heavy atom. The molecule has 0 aliphatic carbocycles. The van der Waals surface area contributed by atoms with Crippen molar-refractivity contribution in [3.63, 3.8) is 0 Å². The maximum absolute atomic E-state index is 4.71. The first-order valence-corrected chi connectivity index (χ1v) is 10.1. The van der Waals surface area contributed by atoms with Gasteiger partial charge in [0.15, 0.2) is 0 Å². The molecule has 2 aromatic heterocycles. The molecule has 0 amide bonds. The molecule has 3 aromatic carbocycles. The van der Waals surface area contributed by atoms with Gasteiger partial charge in [-0.3, -0.25) is 0 Å². The summed E-state index contributed by atoms with van der Waals surface area (Å²) in [4.78, 5) is 13.7. The van der Waals surface area contributed by atoms with Crippen LogP contribution in [0.3, 0.4) is 0 Å². The maximum atomic E-state index is 4.71. The number of anilines is 2. The molecule has 0 radical (unpaired) electrons. The molecule has 27 heavy (non-hydrogen) atoms. The molecule has 0 bridgehead atoms. The highest BCUT2D eigenvalue weighted by molar-refractivity contribution is 9.10. The zero-order valence-corrected chi connectivity index (χ0v) is 16.6. The molecule has 0 fully saturated rings. The van der Waals surface area contributed by atoms with Crippen molar-refractivity contribution >= 4 is 61.3 Å². The van der Waals surface area contributed by atoms with E-state index in [1.165, 1.54) is 9.79 Å². The minimum atomic E-state index is 0.729. The van der Waals surface area contributed by atoms with Crippen LogP contribution in [0, 0.1) is 0 Å². The number of hydrogen-bond acceptors (Lipinski definition) is 3. The monoisotopic (exact) mass is 434 g/mol. The summed E-state index contributed by atoms with van der Waals surface area (Å²) in [6.07, 6.45) is 1.96. The fourth-order valence-corrected chi connectivity index (χ4v) is 4.29. The highest BCUT2D eigenvalue weighted by atomic mass is 79.9. The second kappa shape index (κ2) is 6.79. The summed E-state index contributed by atoms with van der Waals surface area (Å²) in [5, 5.41) is 4.50. The van der Waals surface area contributed by atoms with Crippen molar-refractivity contribution < 1.29 is 0 Å². The number of fused-ring (bicyclic) bond motifs is 2. The van der Waals surface area contributed by atoms with Crippen LogP contribution in [0.5, 0.6) is 0 Å². The van der Waals surface area contributed by atoms with Crippen molar-refractivity contribution in [3.8, 4) is 0 Å². The molecule has 0 aliphatic heterocycles. The lowest BCUT2D eigenvalue weighted by Crippen LogP contribution is -1.90. The summed E-state index contributed by atoms with van der Waals surface area (Å²) in [5.74, 6) is 0.729. The average molecular weight is 435 g/mol. The fourth-order valence-electron chi connectivity index (χ4n) is 3.06. The molecular formula is C21H15BrN4S. The minimum Gasteiger partial charge on any atom is -0.359 e. The van der Waals surface area contributed by atoms with Gasteiger partial charge in [-0.15, -0.1) is 0 Å². The Morgan fingerprint density at radius 3 is 2.63 bits per heavy atom. The molecule has 0 saturated heterocycles. The van der Waals surface area contributed by atoms with Crippen LogP contribution in [0.2, 0.25) is 0 Å². The number of nitrogens with one attached hydrogen (secondary N) is 3. The third kappa shape index (κ3) is 3.34. The Morgan fingerprint density at radius 1 is 0.889 bits per heavy atom. The molecule has 0 saturated carbocycles. The molecule has 0 unspecified atom stereocenters. The molecule has 0 spiro atoms. The predicted molar refractivity (Wildman–Crippen MR) is 116 cm³/mol. The second-order valence-electron chi connectivity index (χ2n) is 6.20. The summed E-state index contributed by atoms with van der Waals surface area (Å²) in [6.45, 7) is 0. The summed E-state index contributed by atoms with van der Waals surface area (Å²) >= 11 is 5.27. The van der Waals surface area contributed by atoms with Crippen LogP contribution in [0.1, 0.15) is 0 Å². The largest absolute Gasteiger partial charge is 0.359 e. The number of benzene rings is 3. The van der Waals surface area contributed by atoms with E-state index < -0.39 is 0 Å². The first kappa shape index (κ1) is 16.5. The molecule has 132 valence electrons. The smallest absolute Gasteiger partial charge is 0.205 e. The third-order valence-corrected chi connectivity index (χ3v) is 5.82. The van der Waals surface area contributed by atoms with Gasteiger partial charge >= 0.3 is 0 Å². The Labute approximate surface area is 168 Å². The number of halogens is 1. The van der Waals surface area contributed by atoms with Gasteiger partial charge in [0.2, 0.25) is 5.95 Å². The van der Waals surface area contributed by atoms with E-state index in [0.29, 0.717) is 0 Å². The van der Waals surface area contributed by atoms with Gasteiger partial charge in [0.05, 0.1) is 16.7 Å². The molecule has 5 rings (SSSR count). The van der Waals surface area contributed by atoms with Crippen LogP contribution >= 0.6 is 27.7 Å².